The van der Waals surface area contributed by atoms with Gasteiger partial charge in [-0.3, -0.25) is 0 Å². The zero-order valence-electron chi connectivity index (χ0n) is 25.8. The van der Waals surface area contributed by atoms with Gasteiger partial charge < -0.3 is 14.6 Å². The lowest BCUT2D eigenvalue weighted by Gasteiger charge is -2.13. The molecule has 2 aromatic carbocycles. The van der Waals surface area contributed by atoms with Crippen molar-refractivity contribution in [3.8, 4) is 28.6 Å². The molecule has 3 aromatic rings. The van der Waals surface area contributed by atoms with Crippen molar-refractivity contribution in [2.24, 2.45) is 0 Å². The maximum Gasteiger partial charge on any atom is 0.256 e. The SMILES string of the molecule is [2H]c1cc2c(c(-c3noc(-c4c([2H])c([2H])c(OC(C)C)c([N+]#[C-])c4[2H])n3)c1[2H])CC([2H])([2H])[C@@H]2NCC([2H])([2H])C. The third-order valence-corrected chi connectivity index (χ3v) is 4.44. The van der Waals surface area contributed by atoms with E-state index >= 15 is 0 Å². The summed E-state index contributed by atoms with van der Waals surface area (Å²) in [7, 11) is 0. The summed E-state index contributed by atoms with van der Waals surface area (Å²) in [5.41, 5.74) is 0.254. The first-order valence-corrected chi connectivity index (χ1v) is 9.46. The van der Waals surface area contributed by atoms with Crippen LogP contribution in [-0.4, -0.2) is 22.8 Å². The summed E-state index contributed by atoms with van der Waals surface area (Å²) in [5, 5.41) is 6.82. The van der Waals surface area contributed by atoms with Gasteiger partial charge in [-0.25, -0.2) is 4.85 Å². The van der Waals surface area contributed by atoms with Crippen LogP contribution < -0.4 is 10.1 Å². The summed E-state index contributed by atoms with van der Waals surface area (Å²) >= 11 is 0. The van der Waals surface area contributed by atoms with Gasteiger partial charge in [0.2, 0.25) is 11.5 Å². The summed E-state index contributed by atoms with van der Waals surface area (Å²) < 4.78 is 85.7. The van der Waals surface area contributed by atoms with Gasteiger partial charge in [0.05, 0.1) is 18.2 Å². The zero-order valence-corrected chi connectivity index (χ0v) is 16.8. The predicted octanol–water partition coefficient (Wildman–Crippen LogP) is 5.73. The average Bonchev–Trinajstić information content (AvgIpc) is 3.38. The first-order chi connectivity index (χ1) is 18.1. The fourth-order valence-electron chi connectivity index (χ4n) is 3.15. The van der Waals surface area contributed by atoms with Gasteiger partial charge in [-0.1, -0.05) is 30.2 Å². The smallest absolute Gasteiger partial charge is 0.256 e. The molecule has 1 N–H and O–H groups in total. The molecular weight excluding hydrogens is 376 g/mol. The standard InChI is InChI=1S/C24H26N4O2/c1-5-13-26-20-11-10-17-18(20)7-6-8-19(17)23-27-24(30-28-23)16-9-12-22(29-15(2)3)21(14-16)25-4/h6-9,12,14-15,20,26H,5,10-11,13H2,1-3H3/t20-/m0/s1/i5D2,6D,8D,9D,11D2,12D,14D. The topological polar surface area (TPSA) is 64.5 Å². The number of fused-ring (bicyclic) bond motifs is 1. The molecule has 6 nitrogen and oxygen atoms in total. The molecule has 0 bridgehead atoms. The quantitative estimate of drug-likeness (QED) is 0.503. The molecule has 30 heavy (non-hydrogen) atoms. The van der Waals surface area contributed by atoms with E-state index in [9.17, 15) is 0 Å². The number of nitrogens with one attached hydrogen (secondary N) is 1. The Hall–Kier alpha value is -3.17. The van der Waals surface area contributed by atoms with E-state index in [2.05, 4.69) is 20.3 Å². The predicted molar refractivity (Wildman–Crippen MR) is 117 cm³/mol. The zero-order chi connectivity index (χ0) is 29.0. The fraction of sp³-hybridized carbons (Fsp3) is 0.375. The van der Waals surface area contributed by atoms with E-state index in [-0.39, 0.29) is 59.3 Å². The molecule has 6 heteroatoms. The van der Waals surface area contributed by atoms with Gasteiger partial charge in [0.25, 0.3) is 5.89 Å². The highest BCUT2D eigenvalue weighted by molar-refractivity contribution is 5.70. The molecule has 0 spiro atoms. The summed E-state index contributed by atoms with van der Waals surface area (Å²) in [6.45, 7) is 12.1. The first-order valence-electron chi connectivity index (χ1n) is 14.0. The second kappa shape index (κ2) is 8.68. The monoisotopic (exact) mass is 411 g/mol. The lowest BCUT2D eigenvalue weighted by atomic mass is 10.0. The normalized spacial score (nSPS) is 21.7. The molecule has 1 heterocycles. The number of nitrogens with zero attached hydrogens (tertiary/aromatic N) is 3. The van der Waals surface area contributed by atoms with Crippen LogP contribution in [0.5, 0.6) is 5.75 Å². The van der Waals surface area contributed by atoms with Crippen LogP contribution >= 0.6 is 0 Å². The average molecular weight is 412 g/mol. The van der Waals surface area contributed by atoms with Gasteiger partial charge in [-0.05, 0) is 68.8 Å². The van der Waals surface area contributed by atoms with E-state index < -0.39 is 43.0 Å². The summed E-state index contributed by atoms with van der Waals surface area (Å²) in [6.07, 6.45) is -4.04. The van der Waals surface area contributed by atoms with Crippen molar-refractivity contribution >= 4 is 5.69 Å². The maximum absolute atomic E-state index is 8.55. The van der Waals surface area contributed by atoms with Crippen molar-refractivity contribution < 1.29 is 21.6 Å². The first kappa shape index (κ1) is 11.9. The molecule has 1 aromatic heterocycles. The number of ether oxygens (including phenoxy) is 1. The van der Waals surface area contributed by atoms with Crippen LogP contribution in [0.25, 0.3) is 27.7 Å². The minimum atomic E-state index is -1.87. The van der Waals surface area contributed by atoms with Gasteiger partial charge in [-0.2, -0.15) is 4.98 Å². The van der Waals surface area contributed by atoms with Crippen LogP contribution in [0, 0.1) is 6.57 Å². The van der Waals surface area contributed by atoms with Crippen molar-refractivity contribution in [1.29, 1.82) is 0 Å². The third kappa shape index (κ3) is 3.94. The van der Waals surface area contributed by atoms with E-state index in [1.54, 1.807) is 13.8 Å². The van der Waals surface area contributed by atoms with E-state index in [1.165, 1.54) is 13.0 Å². The molecule has 4 rings (SSSR count). The van der Waals surface area contributed by atoms with Gasteiger partial charge in [0, 0.05) is 24.0 Å². The number of hydrogen-bond donors (Lipinski definition) is 1. The molecule has 154 valence electrons. The molecular formula is C24H26N4O2. The van der Waals surface area contributed by atoms with Crippen molar-refractivity contribution in [1.82, 2.24) is 15.5 Å². The van der Waals surface area contributed by atoms with Gasteiger partial charge in [-0.15, -0.1) is 0 Å². The molecule has 0 saturated carbocycles. The van der Waals surface area contributed by atoms with Crippen LogP contribution in [0.1, 0.15) is 63.0 Å². The lowest BCUT2D eigenvalue weighted by molar-refractivity contribution is 0.244. The largest absolute Gasteiger partial charge is 0.502 e. The van der Waals surface area contributed by atoms with Gasteiger partial charge in [0.15, 0.2) is 0 Å². The van der Waals surface area contributed by atoms with Crippen molar-refractivity contribution in [2.45, 2.75) is 52.1 Å². The van der Waals surface area contributed by atoms with E-state index in [0.29, 0.717) is 11.1 Å². The Morgan fingerprint density at radius 1 is 1.47 bits per heavy atom. The highest BCUT2D eigenvalue weighted by atomic mass is 16.5. The number of rotatable bonds is 7. The molecule has 0 amide bonds. The Balaban J connectivity index is 1.85. The fourth-order valence-corrected chi connectivity index (χ4v) is 3.15. The van der Waals surface area contributed by atoms with E-state index in [0.717, 1.165) is 0 Å². The van der Waals surface area contributed by atoms with Crippen LogP contribution in [0.15, 0.2) is 40.8 Å². The van der Waals surface area contributed by atoms with Crippen LogP contribution in [0.3, 0.4) is 0 Å². The molecule has 1 aliphatic rings. The minimum Gasteiger partial charge on any atom is -0.502 e. The second-order valence-electron chi connectivity index (χ2n) is 6.90. The van der Waals surface area contributed by atoms with Gasteiger partial charge >= 0.3 is 0 Å². The molecule has 0 saturated heterocycles. The Morgan fingerprint density at radius 2 is 2.33 bits per heavy atom. The Kier molecular flexibility index (Phi) is 3.44. The Morgan fingerprint density at radius 3 is 3.10 bits per heavy atom. The second-order valence-corrected chi connectivity index (χ2v) is 6.90. The molecule has 0 aliphatic heterocycles. The van der Waals surface area contributed by atoms with Crippen LogP contribution in [0.2, 0.25) is 0 Å². The summed E-state index contributed by atoms with van der Waals surface area (Å²) in [4.78, 5) is 7.59. The van der Waals surface area contributed by atoms with Crippen LogP contribution in [-0.2, 0) is 6.42 Å². The molecule has 0 fully saturated rings. The maximum atomic E-state index is 8.55. The van der Waals surface area contributed by atoms with E-state index in [1.807, 2.05) is 0 Å². The van der Waals surface area contributed by atoms with Crippen molar-refractivity contribution in [2.75, 3.05) is 6.54 Å². The Labute approximate surface area is 189 Å². The van der Waals surface area contributed by atoms with Crippen molar-refractivity contribution in [3.05, 3.63) is 58.8 Å². The Bertz CT molecular complexity index is 1490. The van der Waals surface area contributed by atoms with Crippen molar-refractivity contribution in [3.63, 3.8) is 0 Å². The minimum absolute atomic E-state index is 0.0505. The number of hydrogen-bond acceptors (Lipinski definition) is 5. The molecule has 1 aliphatic carbocycles. The highest BCUT2D eigenvalue weighted by Gasteiger charge is 2.26. The highest BCUT2D eigenvalue weighted by Crippen LogP contribution is 2.38. The van der Waals surface area contributed by atoms with Crippen LogP contribution in [0.4, 0.5) is 5.69 Å². The summed E-state index contributed by atoms with van der Waals surface area (Å²) in [5.74, 6) is -0.698. The molecule has 0 radical (unpaired) electrons. The number of aromatic nitrogens is 2. The van der Waals surface area contributed by atoms with Gasteiger partial charge in [0.1, 0.15) is 5.75 Å². The third-order valence-electron chi connectivity index (χ3n) is 4.44. The number of benzene rings is 2. The summed E-state index contributed by atoms with van der Waals surface area (Å²) in [6, 6.07) is -1.38. The molecule has 1 atom stereocenters. The van der Waals surface area contributed by atoms with E-state index in [4.69, 9.17) is 28.2 Å². The lowest BCUT2D eigenvalue weighted by Crippen LogP contribution is -2.19. The molecule has 0 unspecified atom stereocenters.